The minimum atomic E-state index is -1.28. The van der Waals surface area contributed by atoms with E-state index in [-0.39, 0.29) is 0 Å². The highest BCUT2D eigenvalue weighted by Crippen LogP contribution is 2.18. The Labute approximate surface area is 374 Å². The molecule has 0 rings (SSSR count). The van der Waals surface area contributed by atoms with Gasteiger partial charge in [0.1, 0.15) is 12.2 Å². The van der Waals surface area contributed by atoms with Crippen LogP contribution in [0.1, 0.15) is 296 Å². The van der Waals surface area contributed by atoms with E-state index in [0.717, 1.165) is 38.5 Å². The molecule has 0 aliphatic heterocycles. The van der Waals surface area contributed by atoms with E-state index in [0.29, 0.717) is 12.8 Å². The van der Waals surface area contributed by atoms with Gasteiger partial charge in [0.25, 0.3) is 0 Å². The van der Waals surface area contributed by atoms with Gasteiger partial charge < -0.3 is 25.7 Å². The third-order valence-corrected chi connectivity index (χ3v) is 13.0. The number of unbranched alkanes of at least 4 members (excludes halogenated alkanes) is 39. The summed E-state index contributed by atoms with van der Waals surface area (Å²) in [7, 11) is 0. The molecule has 0 bridgehead atoms. The molecule has 358 valence electrons. The molecular formula is C54H107NO5. The van der Waals surface area contributed by atoms with Gasteiger partial charge in [-0.25, -0.2) is 0 Å². The molecule has 4 atom stereocenters. The highest BCUT2D eigenvalue weighted by atomic mass is 16.3. The number of carbonyl (C=O) groups is 1. The summed E-state index contributed by atoms with van der Waals surface area (Å²) in [6.07, 6.45) is 57.3. The third kappa shape index (κ3) is 42.4. The molecule has 0 saturated carbocycles. The van der Waals surface area contributed by atoms with Crippen molar-refractivity contribution >= 4 is 5.91 Å². The van der Waals surface area contributed by atoms with Crippen molar-refractivity contribution in [2.75, 3.05) is 6.61 Å². The third-order valence-electron chi connectivity index (χ3n) is 13.0. The van der Waals surface area contributed by atoms with E-state index in [2.05, 4.69) is 31.3 Å². The second-order valence-corrected chi connectivity index (χ2v) is 18.9. The summed E-state index contributed by atoms with van der Waals surface area (Å²) < 4.78 is 0. The van der Waals surface area contributed by atoms with Crippen molar-refractivity contribution in [3.8, 4) is 0 Å². The predicted molar refractivity (Wildman–Crippen MR) is 261 cm³/mol. The highest BCUT2D eigenvalue weighted by Gasteiger charge is 2.28. The van der Waals surface area contributed by atoms with Gasteiger partial charge >= 0.3 is 0 Å². The lowest BCUT2D eigenvalue weighted by Gasteiger charge is -2.27. The zero-order chi connectivity index (χ0) is 43.8. The van der Waals surface area contributed by atoms with Gasteiger partial charge in [-0.15, -0.1) is 0 Å². The van der Waals surface area contributed by atoms with Crippen molar-refractivity contribution < 1.29 is 25.2 Å². The number of hydrogen-bond donors (Lipinski definition) is 5. The summed E-state index contributed by atoms with van der Waals surface area (Å²) >= 11 is 0. The van der Waals surface area contributed by atoms with Crippen molar-refractivity contribution in [1.29, 1.82) is 0 Å². The first-order valence-electron chi connectivity index (χ1n) is 27.1. The number of allylic oxidation sites excluding steroid dienone is 2. The number of carbonyl (C=O) groups excluding carboxylic acids is 1. The minimum Gasteiger partial charge on any atom is -0.394 e. The second kappa shape index (κ2) is 49.1. The smallest absolute Gasteiger partial charge is 0.249 e. The maximum Gasteiger partial charge on any atom is 0.249 e. The van der Waals surface area contributed by atoms with Crippen LogP contribution >= 0.6 is 0 Å². The van der Waals surface area contributed by atoms with Crippen LogP contribution in [-0.4, -0.2) is 57.3 Å². The summed E-state index contributed by atoms with van der Waals surface area (Å²) in [4.78, 5) is 12.5. The molecule has 4 unspecified atom stereocenters. The Kier molecular flexibility index (Phi) is 48.3. The molecule has 1 amide bonds. The Bertz CT molecular complexity index is 867. The SMILES string of the molecule is CCCCCCCCCCCCCCCCCCCCCCCCCCCCC/C=C/CCCC(O)C(O)C(CO)NC(=O)C(O)CCCCCCCCCCCCCC. The number of rotatable bonds is 50. The Balaban J connectivity index is 3.56. The first kappa shape index (κ1) is 59.0. The molecule has 0 aliphatic rings. The molecule has 5 N–H and O–H groups in total. The van der Waals surface area contributed by atoms with Crippen LogP contribution in [-0.2, 0) is 4.79 Å². The van der Waals surface area contributed by atoms with Crippen molar-refractivity contribution in [2.45, 2.75) is 321 Å². The quantitative estimate of drug-likeness (QED) is 0.0309. The van der Waals surface area contributed by atoms with Gasteiger partial charge in [-0.1, -0.05) is 270 Å². The molecule has 0 saturated heterocycles. The van der Waals surface area contributed by atoms with E-state index < -0.39 is 36.9 Å². The molecule has 0 fully saturated rings. The van der Waals surface area contributed by atoms with Crippen molar-refractivity contribution in [1.82, 2.24) is 5.32 Å². The minimum absolute atomic E-state index is 0.367. The van der Waals surface area contributed by atoms with Crippen molar-refractivity contribution in [3.05, 3.63) is 12.2 Å². The second-order valence-electron chi connectivity index (χ2n) is 18.9. The van der Waals surface area contributed by atoms with E-state index in [1.54, 1.807) is 0 Å². The summed E-state index contributed by atoms with van der Waals surface area (Å²) in [6, 6.07) is -0.997. The van der Waals surface area contributed by atoms with Crippen LogP contribution in [0.25, 0.3) is 0 Å². The van der Waals surface area contributed by atoms with E-state index in [9.17, 15) is 25.2 Å². The van der Waals surface area contributed by atoms with Gasteiger partial charge in [0, 0.05) is 0 Å². The number of aliphatic hydroxyl groups is 4. The summed E-state index contributed by atoms with van der Waals surface area (Å²) in [6.45, 7) is 4.06. The van der Waals surface area contributed by atoms with Crippen LogP contribution < -0.4 is 5.32 Å². The molecule has 0 aromatic rings. The van der Waals surface area contributed by atoms with Gasteiger partial charge in [-0.2, -0.15) is 0 Å². The predicted octanol–water partition coefficient (Wildman–Crippen LogP) is 15.3. The van der Waals surface area contributed by atoms with Gasteiger partial charge in [-0.05, 0) is 38.5 Å². The van der Waals surface area contributed by atoms with Crippen LogP contribution in [0, 0.1) is 0 Å². The lowest BCUT2D eigenvalue weighted by molar-refractivity contribution is -0.132. The Morgan fingerprint density at radius 2 is 0.683 bits per heavy atom. The van der Waals surface area contributed by atoms with Crippen molar-refractivity contribution in [3.63, 3.8) is 0 Å². The fourth-order valence-electron chi connectivity index (χ4n) is 8.70. The standard InChI is InChI=1S/C54H107NO5/c1-3-5-7-9-11-13-15-17-18-19-20-21-22-23-24-25-26-27-28-29-30-31-32-33-34-35-36-38-39-41-43-45-47-51(57)53(59)50(49-56)55-54(60)52(58)48-46-44-42-40-37-16-14-12-10-8-6-4-2/h39,41,50-53,56-59H,3-38,40,42-49H2,1-2H3,(H,55,60)/b41-39+. The summed E-state index contributed by atoms with van der Waals surface area (Å²) in [5.74, 6) is -0.590. The topological polar surface area (TPSA) is 110 Å². The molecule has 6 nitrogen and oxygen atoms in total. The van der Waals surface area contributed by atoms with E-state index in [4.69, 9.17) is 0 Å². The molecule has 0 spiro atoms. The Hall–Kier alpha value is -0.950. The number of hydrogen-bond acceptors (Lipinski definition) is 5. The highest BCUT2D eigenvalue weighted by molar-refractivity contribution is 5.80. The fraction of sp³-hybridized carbons (Fsp3) is 0.944. The van der Waals surface area contributed by atoms with E-state index in [1.165, 1.54) is 231 Å². The molecule has 0 aromatic heterocycles. The lowest BCUT2D eigenvalue weighted by Crippen LogP contribution is -2.53. The maximum absolute atomic E-state index is 12.5. The number of aliphatic hydroxyl groups excluding tert-OH is 4. The maximum atomic E-state index is 12.5. The molecule has 0 aromatic carbocycles. The van der Waals surface area contributed by atoms with Crippen LogP contribution in [0.2, 0.25) is 0 Å². The molecule has 0 heterocycles. The zero-order valence-corrected chi connectivity index (χ0v) is 40.5. The van der Waals surface area contributed by atoms with E-state index >= 15 is 0 Å². The normalized spacial score (nSPS) is 13.9. The molecule has 60 heavy (non-hydrogen) atoms. The van der Waals surface area contributed by atoms with Crippen LogP contribution in [0.15, 0.2) is 12.2 Å². The van der Waals surface area contributed by atoms with E-state index in [1.807, 2.05) is 0 Å². The summed E-state index contributed by atoms with van der Waals surface area (Å²) in [5.41, 5.74) is 0. The van der Waals surface area contributed by atoms with Gasteiger partial charge in [-0.3, -0.25) is 4.79 Å². The van der Waals surface area contributed by atoms with Crippen molar-refractivity contribution in [2.24, 2.45) is 0 Å². The largest absolute Gasteiger partial charge is 0.394 e. The van der Waals surface area contributed by atoms with Gasteiger partial charge in [0.05, 0.1) is 18.8 Å². The number of nitrogens with one attached hydrogen (secondary N) is 1. The zero-order valence-electron chi connectivity index (χ0n) is 40.5. The van der Waals surface area contributed by atoms with Crippen LogP contribution in [0.4, 0.5) is 0 Å². The first-order chi connectivity index (χ1) is 29.5. The van der Waals surface area contributed by atoms with Crippen LogP contribution in [0.3, 0.4) is 0 Å². The number of amides is 1. The Morgan fingerprint density at radius 1 is 0.400 bits per heavy atom. The van der Waals surface area contributed by atoms with Gasteiger partial charge in [0.15, 0.2) is 0 Å². The Morgan fingerprint density at radius 3 is 1.00 bits per heavy atom. The summed E-state index contributed by atoms with van der Waals surface area (Å²) in [5, 5.41) is 43.8. The molecular weight excluding hydrogens is 743 g/mol. The van der Waals surface area contributed by atoms with Gasteiger partial charge in [0.2, 0.25) is 5.91 Å². The average molecular weight is 850 g/mol. The first-order valence-corrected chi connectivity index (χ1v) is 27.1. The molecule has 0 aliphatic carbocycles. The monoisotopic (exact) mass is 850 g/mol. The van der Waals surface area contributed by atoms with Crippen LogP contribution in [0.5, 0.6) is 0 Å². The molecule has 0 radical (unpaired) electrons. The fourth-order valence-corrected chi connectivity index (χ4v) is 8.70. The molecule has 6 heteroatoms. The lowest BCUT2D eigenvalue weighted by atomic mass is 10.00. The average Bonchev–Trinajstić information content (AvgIpc) is 3.25.